The number of halogens is 1. The van der Waals surface area contributed by atoms with Crippen LogP contribution in [-0.4, -0.2) is 41.2 Å². The van der Waals surface area contributed by atoms with Crippen LogP contribution in [0.4, 0.5) is 11.4 Å². The van der Waals surface area contributed by atoms with Crippen LogP contribution in [0.3, 0.4) is 0 Å². The minimum Gasteiger partial charge on any atom is -0.367 e. The van der Waals surface area contributed by atoms with Gasteiger partial charge in [0, 0.05) is 47.0 Å². The molecule has 3 aromatic rings. The number of carbonyl (C=O) groups is 4. The van der Waals surface area contributed by atoms with E-state index in [9.17, 15) is 19.2 Å². The van der Waals surface area contributed by atoms with Crippen LogP contribution in [0.2, 0.25) is 5.02 Å². The molecule has 33 heavy (non-hydrogen) atoms. The first kappa shape index (κ1) is 22.3. The van der Waals surface area contributed by atoms with Gasteiger partial charge in [0.25, 0.3) is 11.8 Å². The number of aromatic nitrogens is 1. The van der Waals surface area contributed by atoms with E-state index < -0.39 is 23.8 Å². The minimum atomic E-state index is -1.58. The Labute approximate surface area is 194 Å². The summed E-state index contributed by atoms with van der Waals surface area (Å²) in [5, 5.41) is 6.20. The Morgan fingerprint density at radius 2 is 1.85 bits per heavy atom. The Kier molecular flexibility index (Phi) is 6.32. The normalized spacial score (nSPS) is 14.7. The number of amides is 4. The highest BCUT2D eigenvalue weighted by Crippen LogP contribution is 2.24. The Morgan fingerprint density at radius 1 is 1.09 bits per heavy atom. The highest BCUT2D eigenvalue weighted by Gasteiger charge is 2.27. The molecule has 0 saturated carbocycles. The number of piperidine rings is 1. The maximum absolute atomic E-state index is 12.7. The predicted octanol–water partition coefficient (Wildman–Crippen LogP) is 2.56. The molecular weight excluding hydrogens is 446 g/mol. The Balaban J connectivity index is 1.43. The topological polar surface area (TPSA) is 137 Å². The number of rotatable bonds is 6. The van der Waals surface area contributed by atoms with Crippen LogP contribution in [-0.2, 0) is 14.4 Å². The van der Waals surface area contributed by atoms with Gasteiger partial charge in [-0.1, -0.05) is 17.7 Å². The van der Waals surface area contributed by atoms with Crippen molar-refractivity contribution in [1.29, 1.82) is 0 Å². The molecule has 1 aliphatic heterocycles. The lowest BCUT2D eigenvalue weighted by Crippen LogP contribution is -2.51. The number of fused-ring (bicyclic) bond motifs is 1. The van der Waals surface area contributed by atoms with Crippen molar-refractivity contribution in [2.45, 2.75) is 25.3 Å². The van der Waals surface area contributed by atoms with Gasteiger partial charge in [-0.15, -0.1) is 0 Å². The van der Waals surface area contributed by atoms with Crippen molar-refractivity contribution in [1.82, 2.24) is 10.3 Å². The number of carbonyl (C=O) groups excluding carboxylic acids is 4. The molecule has 1 unspecified atom stereocenters. The Hall–Kier alpha value is -3.85. The fourth-order valence-corrected chi connectivity index (χ4v) is 3.95. The third-order valence-electron chi connectivity index (χ3n) is 5.49. The van der Waals surface area contributed by atoms with Crippen LogP contribution in [0, 0.1) is 0 Å². The second-order valence-electron chi connectivity index (χ2n) is 7.74. The number of nitrogens with zero attached hydrogens (tertiary/aromatic N) is 1. The van der Waals surface area contributed by atoms with Gasteiger partial charge < -0.3 is 26.3 Å². The van der Waals surface area contributed by atoms with Gasteiger partial charge in [-0.05, 0) is 49.2 Å². The van der Waals surface area contributed by atoms with E-state index in [2.05, 4.69) is 15.6 Å². The van der Waals surface area contributed by atoms with E-state index >= 15 is 0 Å². The first-order valence-electron chi connectivity index (χ1n) is 10.4. The van der Waals surface area contributed by atoms with Crippen LogP contribution in [0.25, 0.3) is 10.9 Å². The quantitative estimate of drug-likeness (QED) is 0.414. The molecule has 1 fully saturated rings. The van der Waals surface area contributed by atoms with Crippen LogP contribution >= 0.6 is 11.6 Å². The van der Waals surface area contributed by atoms with Crippen LogP contribution in [0.1, 0.15) is 29.6 Å². The minimum absolute atomic E-state index is 0.0642. The predicted molar refractivity (Wildman–Crippen MR) is 125 cm³/mol. The van der Waals surface area contributed by atoms with Gasteiger partial charge in [0.2, 0.25) is 11.8 Å². The molecule has 1 aromatic heterocycles. The number of benzene rings is 2. The molecule has 1 saturated heterocycles. The standard InChI is InChI=1S/C23H22ClN5O4/c24-17-12-26-18-11-13(4-9-16(17)18)22(32)28-20(21(25)31)23(33)27-14-5-7-15(8-6-14)29-10-2-1-3-19(29)30/h4-9,11-12,20,26H,1-3,10H2,(H2,25,31)(H,27,33)(H,28,32). The van der Waals surface area contributed by atoms with Gasteiger partial charge in [-0.2, -0.15) is 0 Å². The number of hydrogen-bond donors (Lipinski definition) is 4. The lowest BCUT2D eigenvalue weighted by Gasteiger charge is -2.27. The highest BCUT2D eigenvalue weighted by atomic mass is 35.5. The molecule has 2 heterocycles. The SMILES string of the molecule is NC(=O)C(NC(=O)c1ccc2c(Cl)c[nH]c2c1)C(=O)Nc1ccc(N2CCCCC2=O)cc1. The highest BCUT2D eigenvalue weighted by molar-refractivity contribution is 6.35. The molecule has 0 radical (unpaired) electrons. The van der Waals surface area contributed by atoms with Crippen molar-refractivity contribution in [3.8, 4) is 0 Å². The summed E-state index contributed by atoms with van der Waals surface area (Å²) >= 11 is 6.04. The van der Waals surface area contributed by atoms with Crippen molar-refractivity contribution < 1.29 is 19.2 Å². The number of H-pyrrole nitrogens is 1. The van der Waals surface area contributed by atoms with E-state index in [0.717, 1.165) is 23.9 Å². The fraction of sp³-hybridized carbons (Fsp3) is 0.217. The van der Waals surface area contributed by atoms with Crippen molar-refractivity contribution >= 4 is 57.5 Å². The third-order valence-corrected chi connectivity index (χ3v) is 5.80. The molecule has 1 aliphatic rings. The molecule has 5 N–H and O–H groups in total. The number of hydrogen-bond acceptors (Lipinski definition) is 4. The molecule has 4 rings (SSSR count). The number of aromatic amines is 1. The van der Waals surface area contributed by atoms with E-state index in [1.54, 1.807) is 47.5 Å². The summed E-state index contributed by atoms with van der Waals surface area (Å²) < 4.78 is 0. The average molecular weight is 468 g/mol. The monoisotopic (exact) mass is 467 g/mol. The first-order chi connectivity index (χ1) is 15.8. The van der Waals surface area contributed by atoms with Crippen molar-refractivity contribution in [2.75, 3.05) is 16.8 Å². The molecule has 2 aromatic carbocycles. The van der Waals surface area contributed by atoms with E-state index in [1.807, 2.05) is 0 Å². The molecule has 9 nitrogen and oxygen atoms in total. The van der Waals surface area contributed by atoms with E-state index in [0.29, 0.717) is 29.2 Å². The van der Waals surface area contributed by atoms with Crippen molar-refractivity contribution in [3.63, 3.8) is 0 Å². The second kappa shape index (κ2) is 9.33. The summed E-state index contributed by atoms with van der Waals surface area (Å²) in [5.74, 6) is -2.35. The first-order valence-corrected chi connectivity index (χ1v) is 10.8. The van der Waals surface area contributed by atoms with Gasteiger partial charge >= 0.3 is 0 Å². The van der Waals surface area contributed by atoms with Crippen molar-refractivity contribution in [2.24, 2.45) is 5.73 Å². The summed E-state index contributed by atoms with van der Waals surface area (Å²) in [4.78, 5) is 53.9. The second-order valence-corrected chi connectivity index (χ2v) is 8.15. The molecule has 0 spiro atoms. The summed E-state index contributed by atoms with van der Waals surface area (Å²) in [7, 11) is 0. The smallest absolute Gasteiger partial charge is 0.256 e. The maximum atomic E-state index is 12.7. The molecule has 10 heteroatoms. The number of primary amides is 1. The van der Waals surface area contributed by atoms with Crippen LogP contribution in [0.5, 0.6) is 0 Å². The molecule has 0 aliphatic carbocycles. The zero-order chi connectivity index (χ0) is 23.5. The van der Waals surface area contributed by atoms with Gasteiger partial charge in [0.05, 0.1) is 5.02 Å². The molecule has 4 amide bonds. The third kappa shape index (κ3) is 4.83. The van der Waals surface area contributed by atoms with Gasteiger partial charge in [0.15, 0.2) is 6.04 Å². The maximum Gasteiger partial charge on any atom is 0.256 e. The average Bonchev–Trinajstić information content (AvgIpc) is 3.18. The summed E-state index contributed by atoms with van der Waals surface area (Å²) in [6.07, 6.45) is 3.94. The lowest BCUT2D eigenvalue weighted by atomic mass is 10.1. The molecule has 1 atom stereocenters. The Bertz CT molecular complexity index is 1240. The van der Waals surface area contributed by atoms with Gasteiger partial charge in [-0.25, -0.2) is 0 Å². The summed E-state index contributed by atoms with van der Waals surface area (Å²) in [6.45, 7) is 0.654. The molecule has 170 valence electrons. The zero-order valence-electron chi connectivity index (χ0n) is 17.6. The van der Waals surface area contributed by atoms with Crippen molar-refractivity contribution in [3.05, 3.63) is 59.2 Å². The van der Waals surface area contributed by atoms with E-state index in [1.165, 1.54) is 6.07 Å². The summed E-state index contributed by atoms with van der Waals surface area (Å²) in [5.41, 5.74) is 7.37. The van der Waals surface area contributed by atoms with E-state index in [4.69, 9.17) is 17.3 Å². The fourth-order valence-electron chi connectivity index (χ4n) is 3.73. The number of nitrogens with two attached hydrogens (primary N) is 1. The Morgan fingerprint density at radius 3 is 2.55 bits per heavy atom. The van der Waals surface area contributed by atoms with Gasteiger partial charge in [0.1, 0.15) is 0 Å². The number of nitrogens with one attached hydrogen (secondary N) is 3. The zero-order valence-corrected chi connectivity index (χ0v) is 18.3. The molecular formula is C23H22ClN5O4. The largest absolute Gasteiger partial charge is 0.367 e. The van der Waals surface area contributed by atoms with Crippen LogP contribution < -0.4 is 21.3 Å². The number of anilines is 2. The molecule has 0 bridgehead atoms. The lowest BCUT2D eigenvalue weighted by molar-refractivity contribution is -0.127. The van der Waals surface area contributed by atoms with Gasteiger partial charge in [-0.3, -0.25) is 19.2 Å². The van der Waals surface area contributed by atoms with E-state index in [-0.39, 0.29) is 11.5 Å². The summed E-state index contributed by atoms with van der Waals surface area (Å²) in [6, 6.07) is 9.86. The van der Waals surface area contributed by atoms with Crippen LogP contribution in [0.15, 0.2) is 48.7 Å².